The van der Waals surface area contributed by atoms with Crippen molar-refractivity contribution in [3.8, 4) is 11.4 Å². The van der Waals surface area contributed by atoms with Gasteiger partial charge >= 0.3 is 0 Å². The third kappa shape index (κ3) is 2.14. The fourth-order valence-corrected chi connectivity index (χ4v) is 3.53. The van der Waals surface area contributed by atoms with Gasteiger partial charge in [0.2, 0.25) is 11.8 Å². The maximum atomic E-state index is 12.7. The van der Waals surface area contributed by atoms with Crippen LogP contribution < -0.4 is 5.32 Å². The summed E-state index contributed by atoms with van der Waals surface area (Å²) < 4.78 is 1.92. The number of carbonyl (C=O) groups excluding carboxylic acids is 3. The SMILES string of the molecule is Cn1cccc1-c1cc(C(=O)N2CC[C@@]3(CC(=O)NC3=O)C2)[nH]n1. The lowest BCUT2D eigenvalue weighted by Gasteiger charge is -2.19. The number of carbonyl (C=O) groups is 3. The van der Waals surface area contributed by atoms with Gasteiger partial charge < -0.3 is 9.47 Å². The van der Waals surface area contributed by atoms with Gasteiger partial charge in [-0.1, -0.05) is 0 Å². The molecule has 1 atom stereocenters. The molecule has 2 fully saturated rings. The Bertz CT molecular complexity index is 852. The average molecular weight is 327 g/mol. The Labute approximate surface area is 137 Å². The van der Waals surface area contributed by atoms with Crippen LogP contribution in [0.15, 0.2) is 24.4 Å². The zero-order valence-corrected chi connectivity index (χ0v) is 13.2. The number of hydrogen-bond acceptors (Lipinski definition) is 4. The van der Waals surface area contributed by atoms with Gasteiger partial charge in [-0.05, 0) is 24.6 Å². The molecule has 0 unspecified atom stereocenters. The van der Waals surface area contributed by atoms with Gasteiger partial charge in [-0.25, -0.2) is 0 Å². The van der Waals surface area contributed by atoms with Crippen LogP contribution in [0.5, 0.6) is 0 Å². The smallest absolute Gasteiger partial charge is 0.271 e. The molecule has 3 amide bonds. The molecule has 0 aliphatic carbocycles. The minimum atomic E-state index is -0.756. The zero-order chi connectivity index (χ0) is 16.9. The molecule has 2 aliphatic heterocycles. The molecule has 2 saturated heterocycles. The Balaban J connectivity index is 1.53. The Hall–Kier alpha value is -2.90. The number of aryl methyl sites for hydroxylation is 1. The van der Waals surface area contributed by atoms with Crippen molar-refractivity contribution in [1.29, 1.82) is 0 Å². The number of H-pyrrole nitrogens is 1. The highest BCUT2D eigenvalue weighted by molar-refractivity contribution is 6.06. The normalized spacial score (nSPS) is 23.3. The van der Waals surface area contributed by atoms with Gasteiger partial charge in [0.05, 0.1) is 11.1 Å². The highest BCUT2D eigenvalue weighted by atomic mass is 16.2. The largest absolute Gasteiger partial charge is 0.349 e. The molecule has 2 aliphatic rings. The van der Waals surface area contributed by atoms with Gasteiger partial charge in [0, 0.05) is 32.8 Å². The summed E-state index contributed by atoms with van der Waals surface area (Å²) in [5, 5.41) is 9.32. The van der Waals surface area contributed by atoms with Gasteiger partial charge in [-0.15, -0.1) is 0 Å². The van der Waals surface area contributed by atoms with E-state index in [4.69, 9.17) is 0 Å². The molecule has 8 nitrogen and oxygen atoms in total. The summed E-state index contributed by atoms with van der Waals surface area (Å²) in [6, 6.07) is 5.54. The second-order valence-electron chi connectivity index (χ2n) is 6.48. The van der Waals surface area contributed by atoms with Crippen LogP contribution in [0.25, 0.3) is 11.4 Å². The maximum absolute atomic E-state index is 12.7. The zero-order valence-electron chi connectivity index (χ0n) is 13.2. The third-order valence-electron chi connectivity index (χ3n) is 4.89. The molecule has 1 spiro atoms. The van der Waals surface area contributed by atoms with Crippen molar-refractivity contribution in [1.82, 2.24) is 25.0 Å². The third-order valence-corrected chi connectivity index (χ3v) is 4.89. The van der Waals surface area contributed by atoms with Gasteiger partial charge in [0.15, 0.2) is 0 Å². The van der Waals surface area contributed by atoms with E-state index < -0.39 is 5.41 Å². The maximum Gasteiger partial charge on any atom is 0.271 e. The lowest BCUT2D eigenvalue weighted by molar-refractivity contribution is -0.128. The second kappa shape index (κ2) is 5.05. The molecule has 4 rings (SSSR count). The van der Waals surface area contributed by atoms with Crippen molar-refractivity contribution in [2.45, 2.75) is 12.8 Å². The first-order chi connectivity index (χ1) is 11.5. The van der Waals surface area contributed by atoms with Crippen LogP contribution in [0.1, 0.15) is 23.3 Å². The fraction of sp³-hybridized carbons (Fsp3) is 0.375. The topological polar surface area (TPSA) is 100 Å². The molecule has 0 radical (unpaired) electrons. The highest BCUT2D eigenvalue weighted by Gasteiger charge is 2.51. The summed E-state index contributed by atoms with van der Waals surface area (Å²) >= 11 is 0. The van der Waals surface area contributed by atoms with Crippen molar-refractivity contribution in [3.63, 3.8) is 0 Å². The molecule has 124 valence electrons. The lowest BCUT2D eigenvalue weighted by atomic mass is 9.85. The van der Waals surface area contributed by atoms with E-state index >= 15 is 0 Å². The summed E-state index contributed by atoms with van der Waals surface area (Å²) in [6.07, 6.45) is 2.58. The Morgan fingerprint density at radius 3 is 2.88 bits per heavy atom. The molecule has 8 heteroatoms. The van der Waals surface area contributed by atoms with E-state index in [2.05, 4.69) is 15.5 Å². The summed E-state index contributed by atoms with van der Waals surface area (Å²) in [7, 11) is 1.91. The molecule has 24 heavy (non-hydrogen) atoms. The van der Waals surface area contributed by atoms with E-state index in [0.717, 1.165) is 5.69 Å². The van der Waals surface area contributed by atoms with Crippen LogP contribution in [-0.4, -0.2) is 50.5 Å². The molecule has 0 bridgehead atoms. The molecule has 2 aromatic heterocycles. The first-order valence-corrected chi connectivity index (χ1v) is 7.79. The van der Waals surface area contributed by atoms with E-state index in [1.807, 2.05) is 29.9 Å². The van der Waals surface area contributed by atoms with Crippen LogP contribution in [-0.2, 0) is 16.6 Å². The van der Waals surface area contributed by atoms with Crippen LogP contribution in [0.4, 0.5) is 0 Å². The van der Waals surface area contributed by atoms with Crippen LogP contribution >= 0.6 is 0 Å². The number of amides is 3. The standard InChI is InChI=1S/C16H17N5O3/c1-20-5-2-3-12(20)10-7-11(19-18-10)14(23)21-6-4-16(9-21)8-13(22)17-15(16)24/h2-3,5,7H,4,6,8-9H2,1H3,(H,18,19)(H,17,22,24)/t16-/m1/s1. The molecule has 2 N–H and O–H groups in total. The predicted molar refractivity (Wildman–Crippen MR) is 83.7 cm³/mol. The summed E-state index contributed by atoms with van der Waals surface area (Å²) in [5.74, 6) is -0.731. The Morgan fingerprint density at radius 1 is 1.38 bits per heavy atom. The number of rotatable bonds is 2. The van der Waals surface area contributed by atoms with Gasteiger partial charge in [-0.3, -0.25) is 24.8 Å². The number of nitrogens with zero attached hydrogens (tertiary/aromatic N) is 3. The number of imide groups is 1. The number of hydrogen-bond donors (Lipinski definition) is 2. The van der Waals surface area contributed by atoms with Gasteiger partial charge in [0.1, 0.15) is 11.4 Å². The molecule has 0 saturated carbocycles. The van der Waals surface area contributed by atoms with Crippen molar-refractivity contribution in [2.24, 2.45) is 12.5 Å². The number of aromatic nitrogens is 3. The van der Waals surface area contributed by atoms with Gasteiger partial charge in [0.25, 0.3) is 5.91 Å². The lowest BCUT2D eigenvalue weighted by Crippen LogP contribution is -2.36. The van der Waals surface area contributed by atoms with Crippen molar-refractivity contribution >= 4 is 17.7 Å². The molecule has 2 aromatic rings. The number of nitrogens with one attached hydrogen (secondary N) is 2. The van der Waals surface area contributed by atoms with Crippen molar-refractivity contribution in [2.75, 3.05) is 13.1 Å². The Morgan fingerprint density at radius 2 is 2.21 bits per heavy atom. The molecular weight excluding hydrogens is 310 g/mol. The number of aromatic amines is 1. The fourth-order valence-electron chi connectivity index (χ4n) is 3.53. The predicted octanol–water partition coefficient (Wildman–Crippen LogP) is 0.294. The molecular formula is C16H17N5O3. The van der Waals surface area contributed by atoms with E-state index in [0.29, 0.717) is 24.4 Å². The minimum Gasteiger partial charge on any atom is -0.349 e. The molecule has 4 heterocycles. The summed E-state index contributed by atoms with van der Waals surface area (Å²) in [4.78, 5) is 37.8. The minimum absolute atomic E-state index is 0.160. The van der Waals surface area contributed by atoms with Crippen molar-refractivity contribution in [3.05, 3.63) is 30.1 Å². The number of likely N-dealkylation sites (tertiary alicyclic amines) is 1. The Kier molecular flexibility index (Phi) is 3.09. The van der Waals surface area contributed by atoms with E-state index in [1.54, 1.807) is 11.0 Å². The summed E-state index contributed by atoms with van der Waals surface area (Å²) in [5.41, 5.74) is 1.22. The van der Waals surface area contributed by atoms with E-state index in [1.165, 1.54) is 0 Å². The first-order valence-electron chi connectivity index (χ1n) is 7.79. The highest BCUT2D eigenvalue weighted by Crippen LogP contribution is 2.38. The van der Waals surface area contributed by atoms with E-state index in [-0.39, 0.29) is 30.7 Å². The van der Waals surface area contributed by atoms with Crippen LogP contribution in [0, 0.1) is 5.41 Å². The van der Waals surface area contributed by atoms with E-state index in [9.17, 15) is 14.4 Å². The summed E-state index contributed by atoms with van der Waals surface area (Å²) in [6.45, 7) is 0.722. The monoisotopic (exact) mass is 327 g/mol. The van der Waals surface area contributed by atoms with Crippen LogP contribution in [0.2, 0.25) is 0 Å². The first kappa shape index (κ1) is 14.7. The van der Waals surface area contributed by atoms with Crippen molar-refractivity contribution < 1.29 is 14.4 Å². The molecule has 0 aromatic carbocycles. The second-order valence-corrected chi connectivity index (χ2v) is 6.48. The average Bonchev–Trinajstić information content (AvgIpc) is 3.28. The van der Waals surface area contributed by atoms with Crippen LogP contribution in [0.3, 0.4) is 0 Å². The van der Waals surface area contributed by atoms with Gasteiger partial charge in [-0.2, -0.15) is 5.10 Å². The quantitative estimate of drug-likeness (QED) is 0.775.